The van der Waals surface area contributed by atoms with Gasteiger partial charge in [0.25, 0.3) is 0 Å². The molecular weight excluding hydrogens is 1090 g/mol. The molecule has 0 aromatic heterocycles. The molecule has 1 saturated heterocycles. The monoisotopic (exact) mass is 1120 g/mol. The Balaban J connectivity index is 1.99. The molecule has 5 unspecified atom stereocenters. The van der Waals surface area contributed by atoms with Crippen molar-refractivity contribution in [3.63, 3.8) is 0 Å². The number of carbonyl (C=O) groups excluding carboxylic acids is 5. The average molecular weight is 1130 g/mol. The van der Waals surface area contributed by atoms with E-state index in [0.717, 1.165) is 0 Å². The molecule has 1 aromatic rings. The molecule has 53 heavy (non-hydrogen) atoms. The first kappa shape index (κ1) is 43.6. The van der Waals surface area contributed by atoms with Gasteiger partial charge in [-0.1, -0.05) is 45.9 Å². The molecule has 10 atom stereocenters. The lowest BCUT2D eigenvalue weighted by Crippen LogP contribution is -2.85. The van der Waals surface area contributed by atoms with Crippen LogP contribution in [0.25, 0.3) is 0 Å². The fourth-order valence-electron chi connectivity index (χ4n) is 9.83. The second-order valence-electron chi connectivity index (χ2n) is 15.4. The van der Waals surface area contributed by atoms with E-state index in [0.29, 0.717) is 0 Å². The van der Waals surface area contributed by atoms with Gasteiger partial charge in [0.05, 0.1) is 29.8 Å². The average Bonchev–Trinajstić information content (AvgIpc) is 3.05. The minimum absolute atomic E-state index is 0.0456. The molecule has 4 aliphatic rings. The van der Waals surface area contributed by atoms with Gasteiger partial charge in [-0.2, -0.15) is 0 Å². The minimum atomic E-state index is -2.27. The summed E-state index contributed by atoms with van der Waals surface area (Å²) in [6, 6.07) is 8.06. The Morgan fingerprint density at radius 1 is 0.925 bits per heavy atom. The van der Waals surface area contributed by atoms with E-state index in [4.69, 9.17) is 18.9 Å². The highest BCUT2D eigenvalue weighted by atomic mass is 80.0. The molecule has 3 aliphatic carbocycles. The van der Waals surface area contributed by atoms with Gasteiger partial charge in [0.1, 0.15) is 23.6 Å². The number of ether oxygens (including phenoxy) is 4. The summed E-state index contributed by atoms with van der Waals surface area (Å²) in [6.07, 6.45) is -7.65. The molecule has 3 fully saturated rings. The largest absolute Gasteiger partial charge is 0.459 e. The van der Waals surface area contributed by atoms with Crippen LogP contribution in [0.1, 0.15) is 71.7 Å². The summed E-state index contributed by atoms with van der Waals surface area (Å²) in [5, 5.41) is 25.4. The predicted octanol–water partition coefficient (Wildman–Crippen LogP) is 7.16. The summed E-state index contributed by atoms with van der Waals surface area (Å²) < 4.78 is 21.8. The number of hydrogen-bond donors (Lipinski definition) is 2. The summed E-state index contributed by atoms with van der Waals surface area (Å²) >= 11 is 19.2. The van der Waals surface area contributed by atoms with E-state index in [2.05, 4.69) is 95.6 Å². The number of ketones is 2. The van der Waals surface area contributed by atoms with Crippen LogP contribution in [0.5, 0.6) is 0 Å². The molecule has 1 heterocycles. The van der Waals surface area contributed by atoms with E-state index in [1.165, 1.54) is 26.0 Å². The number of fused-ring (bicyclic) bond motifs is 5. The van der Waals surface area contributed by atoms with Gasteiger partial charge in [0.15, 0.2) is 11.9 Å². The number of halogens is 6. The predicted molar refractivity (Wildman–Crippen MR) is 214 cm³/mol. The van der Waals surface area contributed by atoms with Crippen LogP contribution in [-0.2, 0) is 38.1 Å². The smallest absolute Gasteiger partial charge is 0.346 e. The summed E-state index contributed by atoms with van der Waals surface area (Å²) in [4.78, 5) is 72.1. The highest BCUT2D eigenvalue weighted by Gasteiger charge is 2.85. The molecule has 11 nitrogen and oxygen atoms in total. The number of hydrogen-bond acceptors (Lipinski definition) is 11. The molecule has 2 saturated carbocycles. The number of aliphatic hydroxyl groups is 2. The van der Waals surface area contributed by atoms with Crippen LogP contribution in [0.3, 0.4) is 0 Å². The second-order valence-corrected chi connectivity index (χ2v) is 28.9. The number of esters is 3. The normalized spacial score (nSPS) is 37.1. The lowest BCUT2D eigenvalue weighted by molar-refractivity contribution is -0.367. The summed E-state index contributed by atoms with van der Waals surface area (Å²) in [5.74, 6) is -5.20. The number of carbonyl (C=O) groups is 5. The third kappa shape index (κ3) is 6.48. The van der Waals surface area contributed by atoms with E-state index in [9.17, 15) is 29.4 Å². The maximum atomic E-state index is 16.1. The van der Waals surface area contributed by atoms with Crippen molar-refractivity contribution in [1.29, 1.82) is 0 Å². The van der Waals surface area contributed by atoms with Crippen molar-refractivity contribution in [2.75, 3.05) is 6.61 Å². The molecule has 0 amide bonds. The van der Waals surface area contributed by atoms with Crippen LogP contribution in [0.4, 0.5) is 0 Å². The Morgan fingerprint density at radius 3 is 1.96 bits per heavy atom. The summed E-state index contributed by atoms with van der Waals surface area (Å²) in [6.45, 7) is 11.0. The molecule has 0 spiro atoms. The van der Waals surface area contributed by atoms with Crippen molar-refractivity contribution >= 4 is 125 Å². The van der Waals surface area contributed by atoms with Crippen LogP contribution in [0.15, 0.2) is 41.5 Å². The molecule has 1 aliphatic heterocycles. The fraction of sp³-hybridized carbons (Fsp3) is 0.639. The molecule has 17 heteroatoms. The van der Waals surface area contributed by atoms with E-state index >= 15 is 4.79 Å². The maximum Gasteiger partial charge on any atom is 0.346 e. The van der Waals surface area contributed by atoms with Crippen LogP contribution >= 0.6 is 95.6 Å². The highest BCUT2D eigenvalue weighted by Crippen LogP contribution is 2.75. The number of Topliss-reactive ketones (excluding diaryl/α,β-unsaturated/α-hetero) is 2. The third-order valence-electron chi connectivity index (χ3n) is 12.7. The third-order valence-corrected chi connectivity index (χ3v) is 14.6. The minimum Gasteiger partial charge on any atom is -0.459 e. The highest BCUT2D eigenvalue weighted by molar-refractivity contribution is 9.40. The Hall–Kier alpha value is -0.530. The van der Waals surface area contributed by atoms with Gasteiger partial charge >= 0.3 is 17.9 Å². The maximum absolute atomic E-state index is 16.1. The Labute approximate surface area is 358 Å². The number of benzene rings is 1. The van der Waals surface area contributed by atoms with Crippen molar-refractivity contribution < 1.29 is 53.1 Å². The van der Waals surface area contributed by atoms with E-state index in [1.54, 1.807) is 52.8 Å². The van der Waals surface area contributed by atoms with Gasteiger partial charge in [-0.25, -0.2) is 14.4 Å². The van der Waals surface area contributed by atoms with Crippen molar-refractivity contribution in [2.45, 2.75) is 102 Å². The van der Waals surface area contributed by atoms with Crippen LogP contribution in [-0.4, -0.2) is 86.7 Å². The van der Waals surface area contributed by atoms with Gasteiger partial charge in [0.2, 0.25) is 4.29 Å². The molecular formula is C36H40Br6O11. The van der Waals surface area contributed by atoms with Crippen molar-refractivity contribution in [1.82, 2.24) is 0 Å². The van der Waals surface area contributed by atoms with Crippen molar-refractivity contribution in [3.05, 3.63) is 47.0 Å². The van der Waals surface area contributed by atoms with Gasteiger partial charge in [0, 0.05) is 35.0 Å². The molecule has 0 radical (unpaired) electrons. The SMILES string of the molecule is CC(=O)C(C)C12[C@H](OC(=O)c3ccccc3)C3(O)C[C@H](O)C(C)=C([C@@H](OC(=O)C(Br)(Br)Br)C(=O)C1(C)[C@@H](OC(=O)C(Br)(Br)Br)CC1OC[C@]12C)C3(C)C. The zero-order chi connectivity index (χ0) is 40.1. The second kappa shape index (κ2) is 14.4. The number of aliphatic hydroxyl groups excluding tert-OH is 1. The van der Waals surface area contributed by atoms with Crippen LogP contribution in [0, 0.1) is 27.6 Å². The standard InChI is InChI=1S/C36H40Br6O11/c1-16-20(44)14-33(49)27(53-26(46)19-11-9-8-10-12-19)34(17(2)18(3)43)31(6)15-50-21(31)13-22(51-28(47)35(37,38)39)32(34,7)25(45)24(23(16)30(33,4)5)52-29(48)36(40,41)42/h8-12,17,20-22,24,27,44,49H,13-15H2,1-7H3/t17?,20-,21?,22-,24+,27+,31+,32?,33?,34?/m0/s1. The molecule has 292 valence electrons. The lowest BCUT2D eigenvalue weighted by atomic mass is 9.32. The first-order chi connectivity index (χ1) is 24.2. The van der Waals surface area contributed by atoms with Gasteiger partial charge in [-0.15, -0.1) is 0 Å². The lowest BCUT2D eigenvalue weighted by Gasteiger charge is -2.75. The molecule has 2 N–H and O–H groups in total. The number of alkyl halides is 6. The van der Waals surface area contributed by atoms with Crippen LogP contribution in [0.2, 0.25) is 0 Å². The van der Waals surface area contributed by atoms with Gasteiger partial charge < -0.3 is 29.2 Å². The van der Waals surface area contributed by atoms with E-state index in [-0.39, 0.29) is 29.7 Å². The van der Waals surface area contributed by atoms with Crippen molar-refractivity contribution in [3.8, 4) is 0 Å². The zero-order valence-electron chi connectivity index (χ0n) is 29.8. The summed E-state index contributed by atoms with van der Waals surface area (Å²) in [5.41, 5.74) is -8.69. The van der Waals surface area contributed by atoms with E-state index < -0.39 is 104 Å². The van der Waals surface area contributed by atoms with Crippen molar-refractivity contribution in [2.24, 2.45) is 27.6 Å². The molecule has 5 rings (SSSR count). The quantitative estimate of drug-likeness (QED) is 0.129. The first-order valence-corrected chi connectivity index (χ1v) is 21.5. The van der Waals surface area contributed by atoms with Crippen LogP contribution < -0.4 is 0 Å². The fourth-order valence-corrected chi connectivity index (χ4v) is 10.4. The Morgan fingerprint density at radius 2 is 1.47 bits per heavy atom. The molecule has 2 bridgehead atoms. The number of rotatable bonds is 6. The summed E-state index contributed by atoms with van der Waals surface area (Å²) in [7, 11) is 0. The van der Waals surface area contributed by atoms with Gasteiger partial charge in [-0.05, 0) is 140 Å². The van der Waals surface area contributed by atoms with E-state index in [1.807, 2.05) is 0 Å². The Kier molecular flexibility index (Phi) is 11.8. The van der Waals surface area contributed by atoms with Gasteiger partial charge in [-0.3, -0.25) is 9.59 Å². The first-order valence-electron chi connectivity index (χ1n) is 16.7. The molecule has 1 aromatic carbocycles. The Bertz CT molecular complexity index is 1760. The zero-order valence-corrected chi connectivity index (χ0v) is 39.3. The topological polar surface area (TPSA) is 163 Å².